The van der Waals surface area contributed by atoms with Crippen LogP contribution in [0.5, 0.6) is 17.2 Å². The van der Waals surface area contributed by atoms with Gasteiger partial charge in [-0.05, 0) is 27.6 Å². The number of hydrogen-bond acceptors (Lipinski definition) is 4. The Hall–Kier alpha value is -1.67. The highest BCUT2D eigenvalue weighted by molar-refractivity contribution is 9.10. The molecule has 0 saturated carbocycles. The van der Waals surface area contributed by atoms with Gasteiger partial charge in [0.1, 0.15) is 0 Å². The summed E-state index contributed by atoms with van der Waals surface area (Å²) in [5.74, 6) is 1.93. The third-order valence-corrected chi connectivity index (χ3v) is 3.16. The van der Waals surface area contributed by atoms with Crippen LogP contribution in [0.2, 0.25) is 0 Å². The summed E-state index contributed by atoms with van der Waals surface area (Å²) in [6.07, 6.45) is -0.975. The van der Waals surface area contributed by atoms with Crippen molar-refractivity contribution in [2.45, 2.75) is 6.42 Å². The molecule has 7 nitrogen and oxygen atoms in total. The number of carbonyl (C=O) groups is 1. The molecule has 1 aromatic rings. The van der Waals surface area contributed by atoms with Crippen LogP contribution in [0.3, 0.4) is 0 Å². The third kappa shape index (κ3) is 5.14. The van der Waals surface area contributed by atoms with E-state index in [2.05, 4.69) is 21.7 Å². The van der Waals surface area contributed by atoms with Crippen LogP contribution < -0.4 is 19.9 Å². The zero-order valence-corrected chi connectivity index (χ0v) is 13.2. The van der Waals surface area contributed by atoms with Crippen LogP contribution in [-0.2, 0) is 6.42 Å². The lowest BCUT2D eigenvalue weighted by atomic mass is 10.1. The molecule has 0 saturated heterocycles. The van der Waals surface area contributed by atoms with Gasteiger partial charge in [0.2, 0.25) is 5.75 Å². The fourth-order valence-corrected chi connectivity index (χ4v) is 2.20. The van der Waals surface area contributed by atoms with Gasteiger partial charge < -0.3 is 30.2 Å². The molecule has 114 valence electrons. The molecular formula is C12H19BrNO6+. The highest BCUT2D eigenvalue weighted by Gasteiger charge is 2.18. The molecule has 5 N–H and O–H groups in total. The van der Waals surface area contributed by atoms with Crippen LogP contribution in [0.1, 0.15) is 5.56 Å². The minimum absolute atomic E-state index is 0.602. The van der Waals surface area contributed by atoms with E-state index in [1.54, 1.807) is 21.3 Å². The number of methoxy groups -OCH3 is 3. The summed E-state index contributed by atoms with van der Waals surface area (Å²) in [6, 6.07) is 1.94. The molecule has 0 unspecified atom stereocenters. The van der Waals surface area contributed by atoms with E-state index in [-0.39, 0.29) is 0 Å². The van der Waals surface area contributed by atoms with E-state index in [0.717, 1.165) is 23.0 Å². The minimum Gasteiger partial charge on any atom is -0.493 e. The van der Waals surface area contributed by atoms with Gasteiger partial charge in [-0.2, -0.15) is 0 Å². The first kappa shape index (κ1) is 18.3. The second-order valence-electron chi connectivity index (χ2n) is 3.50. The fourth-order valence-electron chi connectivity index (χ4n) is 1.54. The first-order chi connectivity index (χ1) is 9.42. The number of ether oxygens (including phenoxy) is 3. The fraction of sp³-hybridized carbons (Fsp3) is 0.417. The molecular weight excluding hydrogens is 334 g/mol. The molecule has 0 heterocycles. The van der Waals surface area contributed by atoms with Gasteiger partial charge in [-0.1, -0.05) is 0 Å². The molecule has 0 atom stereocenters. The number of carboxylic acid groups (broad SMARTS) is 2. The number of hydrogen-bond donors (Lipinski definition) is 3. The van der Waals surface area contributed by atoms with E-state index in [9.17, 15) is 0 Å². The Labute approximate surface area is 125 Å². The SMILES string of the molecule is COc1cc(CC[NH3+])c(Br)c(OC)c1OC.O=C(O)O. The first-order valence-corrected chi connectivity index (χ1v) is 6.40. The van der Waals surface area contributed by atoms with Gasteiger partial charge >= 0.3 is 6.16 Å². The molecule has 20 heavy (non-hydrogen) atoms. The lowest BCUT2D eigenvalue weighted by Crippen LogP contribution is -2.51. The summed E-state index contributed by atoms with van der Waals surface area (Å²) in [6.45, 7) is 0.817. The molecule has 0 bridgehead atoms. The zero-order chi connectivity index (χ0) is 15.7. The second-order valence-corrected chi connectivity index (χ2v) is 4.30. The second kappa shape index (κ2) is 9.27. The highest BCUT2D eigenvalue weighted by Crippen LogP contribution is 2.44. The topological polar surface area (TPSA) is 113 Å². The maximum atomic E-state index is 8.56. The van der Waals surface area contributed by atoms with Crippen LogP contribution in [0.15, 0.2) is 10.5 Å². The van der Waals surface area contributed by atoms with E-state index < -0.39 is 6.16 Å². The standard InChI is InChI=1S/C11H16BrNO3.CH2O3/c1-14-8-6-7(4-5-13)9(12)11(16-3)10(8)15-2;2-1(3)4/h6H,4-5,13H2,1-3H3;(H2,2,3,4)/p+1. The van der Waals surface area contributed by atoms with E-state index in [1.807, 2.05) is 6.07 Å². The van der Waals surface area contributed by atoms with Crippen molar-refractivity contribution in [1.82, 2.24) is 0 Å². The van der Waals surface area contributed by atoms with Crippen LogP contribution in [0.4, 0.5) is 4.79 Å². The number of quaternary nitrogens is 1. The summed E-state index contributed by atoms with van der Waals surface area (Å²) < 4.78 is 16.8. The lowest BCUT2D eigenvalue weighted by Gasteiger charge is -2.16. The molecule has 1 aromatic carbocycles. The quantitative estimate of drug-likeness (QED) is 0.739. The van der Waals surface area contributed by atoms with Crippen LogP contribution in [0.25, 0.3) is 0 Å². The first-order valence-electron chi connectivity index (χ1n) is 5.61. The Balaban J connectivity index is 0.000000796. The van der Waals surface area contributed by atoms with Crippen molar-refractivity contribution >= 4 is 22.1 Å². The Morgan fingerprint density at radius 3 is 2.05 bits per heavy atom. The molecule has 0 fully saturated rings. The van der Waals surface area contributed by atoms with Crippen molar-refractivity contribution in [1.29, 1.82) is 0 Å². The molecule has 8 heteroatoms. The van der Waals surface area contributed by atoms with Gasteiger partial charge in [-0.15, -0.1) is 0 Å². The number of benzene rings is 1. The summed E-state index contributed by atoms with van der Waals surface area (Å²) in [5.41, 5.74) is 4.94. The Kier molecular flexibility index (Phi) is 8.49. The maximum Gasteiger partial charge on any atom is 0.503 e. The van der Waals surface area contributed by atoms with Gasteiger partial charge in [0.05, 0.1) is 32.3 Å². The molecule has 0 aliphatic heterocycles. The largest absolute Gasteiger partial charge is 0.503 e. The summed E-state index contributed by atoms with van der Waals surface area (Å²) in [5, 5.41) is 13.9. The van der Waals surface area contributed by atoms with E-state index >= 15 is 0 Å². The molecule has 0 aliphatic carbocycles. The van der Waals surface area contributed by atoms with Crippen LogP contribution in [-0.4, -0.2) is 44.2 Å². The van der Waals surface area contributed by atoms with E-state index in [0.29, 0.717) is 17.2 Å². The third-order valence-electron chi connectivity index (χ3n) is 2.29. The number of rotatable bonds is 5. The molecule has 0 spiro atoms. The van der Waals surface area contributed by atoms with Gasteiger partial charge in [0, 0.05) is 6.42 Å². The average molecular weight is 353 g/mol. The minimum atomic E-state index is -1.83. The van der Waals surface area contributed by atoms with E-state index in [1.165, 1.54) is 0 Å². The highest BCUT2D eigenvalue weighted by atomic mass is 79.9. The summed E-state index contributed by atoms with van der Waals surface area (Å²) >= 11 is 3.51. The molecule has 0 amide bonds. The smallest absolute Gasteiger partial charge is 0.493 e. The van der Waals surface area contributed by atoms with Gasteiger partial charge in [0.25, 0.3) is 0 Å². The van der Waals surface area contributed by atoms with Crippen molar-refractivity contribution in [3.05, 3.63) is 16.1 Å². The van der Waals surface area contributed by atoms with Gasteiger partial charge in [-0.25, -0.2) is 4.79 Å². The van der Waals surface area contributed by atoms with Gasteiger partial charge in [-0.3, -0.25) is 0 Å². The molecule has 0 aliphatic rings. The predicted octanol–water partition coefficient (Wildman–Crippen LogP) is 1.48. The van der Waals surface area contributed by atoms with Crippen molar-refractivity contribution < 1.29 is 35.0 Å². The lowest BCUT2D eigenvalue weighted by molar-refractivity contribution is -0.366. The van der Waals surface area contributed by atoms with Crippen molar-refractivity contribution in [3.63, 3.8) is 0 Å². The monoisotopic (exact) mass is 352 g/mol. The van der Waals surface area contributed by atoms with Crippen molar-refractivity contribution in [2.75, 3.05) is 27.9 Å². The molecule has 0 aromatic heterocycles. The Bertz CT molecular complexity index is 448. The van der Waals surface area contributed by atoms with Crippen molar-refractivity contribution in [2.24, 2.45) is 0 Å². The molecule has 0 radical (unpaired) electrons. The average Bonchev–Trinajstić information content (AvgIpc) is 2.39. The zero-order valence-electron chi connectivity index (χ0n) is 11.6. The normalized spacial score (nSPS) is 9.25. The predicted molar refractivity (Wildman–Crippen MR) is 75.9 cm³/mol. The van der Waals surface area contributed by atoms with E-state index in [4.69, 9.17) is 29.2 Å². The van der Waals surface area contributed by atoms with Crippen LogP contribution in [0, 0.1) is 0 Å². The Morgan fingerprint density at radius 1 is 1.20 bits per heavy atom. The van der Waals surface area contributed by atoms with Gasteiger partial charge in [0.15, 0.2) is 11.5 Å². The number of halogens is 1. The summed E-state index contributed by atoms with van der Waals surface area (Å²) in [4.78, 5) is 8.56. The summed E-state index contributed by atoms with van der Waals surface area (Å²) in [7, 11) is 4.81. The van der Waals surface area contributed by atoms with Crippen molar-refractivity contribution in [3.8, 4) is 17.2 Å². The maximum absolute atomic E-state index is 8.56. The van der Waals surface area contributed by atoms with Crippen LogP contribution >= 0.6 is 15.9 Å². The molecule has 1 rings (SSSR count). The Morgan fingerprint density at radius 2 is 1.70 bits per heavy atom.